The standard InChI is InChI=1S/C11H11F3N2O2/c1-11(2,10(15)18)16-9(17)5-3-4-6(12)8(14)7(5)13/h3-4H,1-2H3,(H2,15,18)(H,16,17). The molecule has 18 heavy (non-hydrogen) atoms. The molecule has 0 spiro atoms. The van der Waals surface area contributed by atoms with E-state index in [9.17, 15) is 22.8 Å². The summed E-state index contributed by atoms with van der Waals surface area (Å²) in [7, 11) is 0. The maximum atomic E-state index is 13.3. The minimum absolute atomic E-state index is 0.616. The number of halogens is 3. The zero-order valence-electron chi connectivity index (χ0n) is 9.68. The van der Waals surface area contributed by atoms with Gasteiger partial charge in [0, 0.05) is 0 Å². The molecule has 1 aromatic carbocycles. The average Bonchev–Trinajstić information content (AvgIpc) is 2.25. The summed E-state index contributed by atoms with van der Waals surface area (Å²) >= 11 is 0. The Bertz CT molecular complexity index is 515. The molecular weight excluding hydrogens is 249 g/mol. The molecule has 98 valence electrons. The molecule has 0 heterocycles. The number of nitrogens with two attached hydrogens (primary N) is 1. The van der Waals surface area contributed by atoms with Crippen molar-refractivity contribution in [1.29, 1.82) is 0 Å². The predicted octanol–water partition coefficient (Wildman–Crippen LogP) is 1.10. The van der Waals surface area contributed by atoms with Gasteiger partial charge in [-0.3, -0.25) is 9.59 Å². The van der Waals surface area contributed by atoms with Gasteiger partial charge in [-0.25, -0.2) is 13.2 Å². The maximum Gasteiger partial charge on any atom is 0.255 e. The molecule has 0 aliphatic heterocycles. The second-order valence-corrected chi connectivity index (χ2v) is 4.17. The number of hydrogen-bond acceptors (Lipinski definition) is 2. The minimum atomic E-state index is -1.75. The molecule has 1 aromatic rings. The number of hydrogen-bond donors (Lipinski definition) is 2. The van der Waals surface area contributed by atoms with Crippen molar-refractivity contribution in [2.45, 2.75) is 19.4 Å². The normalized spacial score (nSPS) is 11.2. The van der Waals surface area contributed by atoms with Crippen LogP contribution in [0, 0.1) is 17.5 Å². The van der Waals surface area contributed by atoms with Crippen molar-refractivity contribution in [2.75, 3.05) is 0 Å². The first-order valence-corrected chi connectivity index (χ1v) is 4.92. The van der Waals surface area contributed by atoms with E-state index in [-0.39, 0.29) is 0 Å². The van der Waals surface area contributed by atoms with Gasteiger partial charge in [0.1, 0.15) is 5.54 Å². The third-order valence-electron chi connectivity index (χ3n) is 2.32. The summed E-state index contributed by atoms with van der Waals surface area (Å²) in [6.07, 6.45) is 0. The van der Waals surface area contributed by atoms with E-state index in [0.717, 1.165) is 6.07 Å². The van der Waals surface area contributed by atoms with Crippen molar-refractivity contribution in [3.63, 3.8) is 0 Å². The Balaban J connectivity index is 3.07. The second-order valence-electron chi connectivity index (χ2n) is 4.17. The number of amides is 2. The van der Waals surface area contributed by atoms with Crippen molar-refractivity contribution < 1.29 is 22.8 Å². The summed E-state index contributed by atoms with van der Waals surface area (Å²) in [5.41, 5.74) is 2.87. The molecule has 3 N–H and O–H groups in total. The van der Waals surface area contributed by atoms with Gasteiger partial charge in [-0.2, -0.15) is 0 Å². The van der Waals surface area contributed by atoms with Gasteiger partial charge < -0.3 is 11.1 Å². The Morgan fingerprint density at radius 3 is 2.22 bits per heavy atom. The van der Waals surface area contributed by atoms with Crippen LogP contribution in [0.2, 0.25) is 0 Å². The lowest BCUT2D eigenvalue weighted by Crippen LogP contribution is -2.53. The molecule has 0 aromatic heterocycles. The van der Waals surface area contributed by atoms with Gasteiger partial charge in [-0.15, -0.1) is 0 Å². The fourth-order valence-electron chi connectivity index (χ4n) is 1.11. The average molecular weight is 260 g/mol. The van der Waals surface area contributed by atoms with Crippen LogP contribution in [0.1, 0.15) is 24.2 Å². The largest absolute Gasteiger partial charge is 0.368 e. The highest BCUT2D eigenvalue weighted by atomic mass is 19.2. The van der Waals surface area contributed by atoms with Gasteiger partial charge in [0.25, 0.3) is 5.91 Å². The molecule has 0 unspecified atom stereocenters. The van der Waals surface area contributed by atoms with Crippen molar-refractivity contribution in [2.24, 2.45) is 5.73 Å². The maximum absolute atomic E-state index is 13.3. The highest BCUT2D eigenvalue weighted by Crippen LogP contribution is 2.16. The number of nitrogens with one attached hydrogen (secondary N) is 1. The molecule has 0 aliphatic rings. The lowest BCUT2D eigenvalue weighted by Gasteiger charge is -2.22. The van der Waals surface area contributed by atoms with E-state index in [2.05, 4.69) is 5.32 Å². The van der Waals surface area contributed by atoms with Gasteiger partial charge in [0.05, 0.1) is 5.56 Å². The van der Waals surface area contributed by atoms with E-state index < -0.39 is 40.4 Å². The van der Waals surface area contributed by atoms with Crippen LogP contribution >= 0.6 is 0 Å². The van der Waals surface area contributed by atoms with Gasteiger partial charge in [-0.1, -0.05) is 0 Å². The Kier molecular flexibility index (Phi) is 3.64. The molecule has 4 nitrogen and oxygen atoms in total. The van der Waals surface area contributed by atoms with Crippen LogP contribution in [0.25, 0.3) is 0 Å². The SMILES string of the molecule is CC(C)(NC(=O)c1ccc(F)c(F)c1F)C(N)=O. The van der Waals surface area contributed by atoms with Crippen LogP contribution < -0.4 is 11.1 Å². The Morgan fingerprint density at radius 1 is 1.17 bits per heavy atom. The quantitative estimate of drug-likeness (QED) is 0.799. The molecule has 0 radical (unpaired) electrons. The van der Waals surface area contributed by atoms with Crippen molar-refractivity contribution in [3.05, 3.63) is 35.1 Å². The first-order chi connectivity index (χ1) is 8.16. The second kappa shape index (κ2) is 4.67. The van der Waals surface area contributed by atoms with Crippen LogP contribution in [0.4, 0.5) is 13.2 Å². The summed E-state index contributed by atoms with van der Waals surface area (Å²) in [6.45, 7) is 2.59. The minimum Gasteiger partial charge on any atom is -0.368 e. The van der Waals surface area contributed by atoms with E-state index >= 15 is 0 Å². The number of rotatable bonds is 3. The lowest BCUT2D eigenvalue weighted by molar-refractivity contribution is -0.122. The Labute approximate surface area is 101 Å². The highest BCUT2D eigenvalue weighted by molar-refractivity contribution is 5.98. The summed E-state index contributed by atoms with van der Waals surface area (Å²) in [4.78, 5) is 22.6. The first-order valence-electron chi connectivity index (χ1n) is 4.92. The molecule has 2 amide bonds. The molecule has 0 atom stereocenters. The van der Waals surface area contributed by atoms with Crippen LogP contribution in [0.5, 0.6) is 0 Å². The first kappa shape index (κ1) is 14.0. The van der Waals surface area contributed by atoms with Crippen LogP contribution in [-0.4, -0.2) is 17.4 Å². The smallest absolute Gasteiger partial charge is 0.255 e. The molecule has 0 fully saturated rings. The molecule has 0 saturated heterocycles. The molecular formula is C11H11F3N2O2. The third kappa shape index (κ3) is 2.61. The Morgan fingerprint density at radius 2 is 1.72 bits per heavy atom. The summed E-state index contributed by atoms with van der Waals surface area (Å²) in [6, 6.07) is 1.39. The molecule has 0 bridgehead atoms. The zero-order chi connectivity index (χ0) is 14.1. The fraction of sp³-hybridized carbons (Fsp3) is 0.273. The third-order valence-corrected chi connectivity index (χ3v) is 2.32. The van der Waals surface area contributed by atoms with Crippen molar-refractivity contribution in [3.8, 4) is 0 Å². The van der Waals surface area contributed by atoms with Crippen molar-refractivity contribution in [1.82, 2.24) is 5.32 Å². The van der Waals surface area contributed by atoms with E-state index in [1.165, 1.54) is 13.8 Å². The number of carbonyl (C=O) groups excluding carboxylic acids is 2. The van der Waals surface area contributed by atoms with Crippen LogP contribution in [0.3, 0.4) is 0 Å². The molecule has 7 heteroatoms. The van der Waals surface area contributed by atoms with Crippen molar-refractivity contribution >= 4 is 11.8 Å². The Hall–Kier alpha value is -2.05. The molecule has 0 saturated carbocycles. The summed E-state index contributed by atoms with van der Waals surface area (Å²) in [5.74, 6) is -6.68. The van der Waals surface area contributed by atoms with E-state index in [1.54, 1.807) is 0 Å². The number of benzene rings is 1. The van der Waals surface area contributed by atoms with Crippen LogP contribution in [-0.2, 0) is 4.79 Å². The molecule has 0 aliphatic carbocycles. The van der Waals surface area contributed by atoms with E-state index in [1.807, 2.05) is 0 Å². The predicted molar refractivity (Wildman–Crippen MR) is 57.1 cm³/mol. The summed E-state index contributed by atoms with van der Waals surface area (Å²) in [5, 5.41) is 2.12. The van der Waals surface area contributed by atoms with Gasteiger partial charge in [0.15, 0.2) is 17.5 Å². The van der Waals surface area contributed by atoms with Gasteiger partial charge >= 0.3 is 0 Å². The molecule has 1 rings (SSSR count). The van der Waals surface area contributed by atoms with Gasteiger partial charge in [-0.05, 0) is 26.0 Å². The van der Waals surface area contributed by atoms with E-state index in [4.69, 9.17) is 5.73 Å². The number of carbonyl (C=O) groups is 2. The highest BCUT2D eigenvalue weighted by Gasteiger charge is 2.29. The van der Waals surface area contributed by atoms with Gasteiger partial charge in [0.2, 0.25) is 5.91 Å². The topological polar surface area (TPSA) is 72.2 Å². The monoisotopic (exact) mass is 260 g/mol. The fourth-order valence-corrected chi connectivity index (χ4v) is 1.11. The summed E-state index contributed by atoms with van der Waals surface area (Å²) < 4.78 is 38.9. The zero-order valence-corrected chi connectivity index (χ0v) is 9.68. The number of primary amides is 1. The van der Waals surface area contributed by atoms with Crippen LogP contribution in [0.15, 0.2) is 12.1 Å². The van der Waals surface area contributed by atoms with E-state index in [0.29, 0.717) is 6.07 Å². The lowest BCUT2D eigenvalue weighted by atomic mass is 10.0.